The Kier molecular flexibility index (Phi) is 5.02. The summed E-state index contributed by atoms with van der Waals surface area (Å²) >= 11 is 0. The third-order valence-electron chi connectivity index (χ3n) is 3.66. The van der Waals surface area contributed by atoms with E-state index in [4.69, 9.17) is 4.74 Å². The molecule has 0 bridgehead atoms. The van der Waals surface area contributed by atoms with E-state index >= 15 is 0 Å². The molecule has 132 valence electrons. The average Bonchev–Trinajstić information content (AvgIpc) is 3.03. The molecule has 0 saturated carbocycles. The van der Waals surface area contributed by atoms with E-state index in [-0.39, 0.29) is 6.42 Å². The lowest BCUT2D eigenvalue weighted by Gasteiger charge is -2.00. The second-order valence-electron chi connectivity index (χ2n) is 5.30. The molecular formula is C18H16N4O4. The molecule has 1 aromatic carbocycles. The highest BCUT2D eigenvalue weighted by molar-refractivity contribution is 5.89. The molecule has 0 fully saturated rings. The first-order chi connectivity index (χ1) is 12.6. The van der Waals surface area contributed by atoms with Crippen LogP contribution < -0.4 is 0 Å². The zero-order valence-corrected chi connectivity index (χ0v) is 14.2. The molecule has 0 aliphatic rings. The van der Waals surface area contributed by atoms with Crippen molar-refractivity contribution in [1.29, 1.82) is 0 Å². The number of imidazole rings is 1. The van der Waals surface area contributed by atoms with Crippen LogP contribution in [0.2, 0.25) is 0 Å². The molecule has 0 N–H and O–H groups in total. The second kappa shape index (κ2) is 7.56. The highest BCUT2D eigenvalue weighted by Gasteiger charge is 2.15. The minimum atomic E-state index is -0.421. The summed E-state index contributed by atoms with van der Waals surface area (Å²) in [6.45, 7) is 0. The van der Waals surface area contributed by atoms with Gasteiger partial charge in [-0.25, -0.2) is 9.78 Å². The Balaban J connectivity index is 1.94. The van der Waals surface area contributed by atoms with Crippen LogP contribution >= 0.6 is 0 Å². The van der Waals surface area contributed by atoms with Gasteiger partial charge in [-0.05, 0) is 36.4 Å². The Hall–Kier alpha value is -3.55. The van der Waals surface area contributed by atoms with Gasteiger partial charge in [0.15, 0.2) is 5.82 Å². The summed E-state index contributed by atoms with van der Waals surface area (Å²) in [5.41, 5.74) is 2.10. The van der Waals surface area contributed by atoms with Crippen molar-refractivity contribution >= 4 is 29.1 Å². The summed E-state index contributed by atoms with van der Waals surface area (Å²) in [5, 5.41) is 8.43. The summed E-state index contributed by atoms with van der Waals surface area (Å²) in [6, 6.07) is 12.0. The Morgan fingerprint density at radius 3 is 2.50 bits per heavy atom. The van der Waals surface area contributed by atoms with E-state index in [2.05, 4.69) is 19.9 Å². The van der Waals surface area contributed by atoms with Crippen molar-refractivity contribution < 1.29 is 19.1 Å². The largest absolute Gasteiger partial charge is 0.469 e. The SMILES string of the molecule is COC(=O)Cc1nc2ccccn2c1N=Nc1ccc(C(=O)OC)cc1. The quantitative estimate of drug-likeness (QED) is 0.519. The minimum absolute atomic E-state index is 0.00614. The number of carbonyl (C=O) groups is 2. The molecule has 0 unspecified atom stereocenters. The summed E-state index contributed by atoms with van der Waals surface area (Å²) in [4.78, 5) is 27.5. The lowest BCUT2D eigenvalue weighted by molar-refractivity contribution is -0.139. The van der Waals surface area contributed by atoms with Crippen LogP contribution in [0.5, 0.6) is 0 Å². The molecule has 0 aliphatic carbocycles. The first-order valence-electron chi connectivity index (χ1n) is 7.75. The third-order valence-corrected chi connectivity index (χ3v) is 3.66. The number of hydrogen-bond acceptors (Lipinski definition) is 7. The Bertz CT molecular complexity index is 977. The maximum Gasteiger partial charge on any atom is 0.337 e. The van der Waals surface area contributed by atoms with Gasteiger partial charge < -0.3 is 9.47 Å². The van der Waals surface area contributed by atoms with Crippen molar-refractivity contribution in [2.75, 3.05) is 14.2 Å². The predicted molar refractivity (Wildman–Crippen MR) is 92.9 cm³/mol. The van der Waals surface area contributed by atoms with E-state index in [0.717, 1.165) is 0 Å². The van der Waals surface area contributed by atoms with Crippen LogP contribution in [-0.4, -0.2) is 35.5 Å². The predicted octanol–water partition coefficient (Wildman–Crippen LogP) is 3.25. The van der Waals surface area contributed by atoms with Gasteiger partial charge in [-0.3, -0.25) is 9.20 Å². The summed E-state index contributed by atoms with van der Waals surface area (Å²) < 4.78 is 11.1. The van der Waals surface area contributed by atoms with E-state index in [9.17, 15) is 9.59 Å². The molecule has 3 rings (SSSR count). The molecule has 0 aliphatic heterocycles. The van der Waals surface area contributed by atoms with Crippen LogP contribution in [0.15, 0.2) is 58.9 Å². The first-order valence-corrected chi connectivity index (χ1v) is 7.75. The lowest BCUT2D eigenvalue weighted by atomic mass is 10.2. The smallest absolute Gasteiger partial charge is 0.337 e. The van der Waals surface area contributed by atoms with E-state index < -0.39 is 11.9 Å². The number of rotatable bonds is 5. The maximum absolute atomic E-state index is 11.6. The van der Waals surface area contributed by atoms with Crippen molar-refractivity contribution in [3.8, 4) is 0 Å². The molecule has 0 spiro atoms. The Labute approximate surface area is 149 Å². The number of hydrogen-bond donors (Lipinski definition) is 0. The van der Waals surface area contributed by atoms with Crippen LogP contribution in [0, 0.1) is 0 Å². The van der Waals surface area contributed by atoms with Crippen LogP contribution in [0.25, 0.3) is 5.65 Å². The Morgan fingerprint density at radius 1 is 1.04 bits per heavy atom. The van der Waals surface area contributed by atoms with Crippen molar-refractivity contribution in [2.45, 2.75) is 6.42 Å². The molecule has 0 saturated heterocycles. The Morgan fingerprint density at radius 2 is 1.81 bits per heavy atom. The van der Waals surface area contributed by atoms with E-state index in [1.807, 2.05) is 18.2 Å². The van der Waals surface area contributed by atoms with Crippen LogP contribution in [0.3, 0.4) is 0 Å². The molecule has 26 heavy (non-hydrogen) atoms. The number of methoxy groups -OCH3 is 2. The lowest BCUT2D eigenvalue weighted by Crippen LogP contribution is -2.04. The van der Waals surface area contributed by atoms with Gasteiger partial charge in [0.05, 0.1) is 37.6 Å². The van der Waals surface area contributed by atoms with Crippen LogP contribution in [0.4, 0.5) is 11.5 Å². The standard InChI is InChI=1S/C18H16N4O4/c1-25-16(23)11-14-17(22-10-4-3-5-15(22)19-14)21-20-13-8-6-12(7-9-13)18(24)26-2/h3-10H,11H2,1-2H3. The molecule has 8 nitrogen and oxygen atoms in total. The molecule has 2 aromatic heterocycles. The number of carbonyl (C=O) groups excluding carboxylic acids is 2. The number of pyridine rings is 1. The second-order valence-corrected chi connectivity index (χ2v) is 5.30. The number of nitrogens with zero attached hydrogens (tertiary/aromatic N) is 4. The van der Waals surface area contributed by atoms with Gasteiger partial charge in [-0.2, -0.15) is 0 Å². The monoisotopic (exact) mass is 352 g/mol. The van der Waals surface area contributed by atoms with Gasteiger partial charge in [0.25, 0.3) is 0 Å². The normalized spacial score (nSPS) is 11.0. The number of esters is 2. The average molecular weight is 352 g/mol. The summed E-state index contributed by atoms with van der Waals surface area (Å²) in [7, 11) is 2.64. The summed E-state index contributed by atoms with van der Waals surface area (Å²) in [6.07, 6.45) is 1.78. The fraction of sp³-hybridized carbons (Fsp3) is 0.167. The van der Waals surface area contributed by atoms with Gasteiger partial charge in [0, 0.05) is 6.20 Å². The van der Waals surface area contributed by atoms with E-state index in [1.165, 1.54) is 14.2 Å². The van der Waals surface area contributed by atoms with Gasteiger partial charge in [0.2, 0.25) is 0 Å². The number of aromatic nitrogens is 2. The summed E-state index contributed by atoms with van der Waals surface area (Å²) in [5.74, 6) is -0.383. The van der Waals surface area contributed by atoms with Crippen molar-refractivity contribution in [3.63, 3.8) is 0 Å². The molecule has 2 heterocycles. The van der Waals surface area contributed by atoms with Crippen LogP contribution in [-0.2, 0) is 20.7 Å². The van der Waals surface area contributed by atoms with Gasteiger partial charge in [0.1, 0.15) is 5.65 Å². The molecule has 0 radical (unpaired) electrons. The van der Waals surface area contributed by atoms with Crippen molar-refractivity contribution in [2.24, 2.45) is 10.2 Å². The maximum atomic E-state index is 11.6. The number of benzene rings is 1. The molecule has 0 atom stereocenters. The molecule has 0 amide bonds. The molecule has 3 aromatic rings. The van der Waals surface area contributed by atoms with Crippen molar-refractivity contribution in [1.82, 2.24) is 9.38 Å². The first kappa shape index (κ1) is 17.3. The fourth-order valence-electron chi connectivity index (χ4n) is 2.35. The minimum Gasteiger partial charge on any atom is -0.469 e. The van der Waals surface area contributed by atoms with E-state index in [1.54, 1.807) is 34.9 Å². The van der Waals surface area contributed by atoms with E-state index in [0.29, 0.717) is 28.4 Å². The fourth-order valence-corrected chi connectivity index (χ4v) is 2.35. The number of ether oxygens (including phenoxy) is 2. The van der Waals surface area contributed by atoms with Gasteiger partial charge >= 0.3 is 11.9 Å². The van der Waals surface area contributed by atoms with Gasteiger partial charge in [-0.1, -0.05) is 6.07 Å². The van der Waals surface area contributed by atoms with Crippen LogP contribution in [0.1, 0.15) is 16.1 Å². The van der Waals surface area contributed by atoms with Crippen molar-refractivity contribution in [3.05, 3.63) is 59.9 Å². The number of fused-ring (bicyclic) bond motifs is 1. The highest BCUT2D eigenvalue weighted by atomic mass is 16.5. The molecular weight excluding hydrogens is 336 g/mol. The number of azo groups is 1. The third kappa shape index (κ3) is 3.59. The van der Waals surface area contributed by atoms with Gasteiger partial charge in [-0.15, -0.1) is 10.2 Å². The topological polar surface area (TPSA) is 94.6 Å². The zero-order chi connectivity index (χ0) is 18.5. The zero-order valence-electron chi connectivity index (χ0n) is 14.2. The highest BCUT2D eigenvalue weighted by Crippen LogP contribution is 2.25. The molecule has 8 heteroatoms.